The molecule has 2 aromatic rings. The van der Waals surface area contributed by atoms with Gasteiger partial charge in [0.05, 0.1) is 5.69 Å². The van der Waals surface area contributed by atoms with Gasteiger partial charge in [-0.25, -0.2) is 4.68 Å². The first-order valence-corrected chi connectivity index (χ1v) is 9.38. The van der Waals surface area contributed by atoms with Crippen molar-refractivity contribution in [1.82, 2.24) is 20.0 Å². The summed E-state index contributed by atoms with van der Waals surface area (Å²) in [6.45, 7) is 2.67. The van der Waals surface area contributed by atoms with Crippen LogP contribution in [0.4, 0.5) is 0 Å². The molecule has 1 fully saturated rings. The van der Waals surface area contributed by atoms with E-state index in [1.807, 2.05) is 34.8 Å². The van der Waals surface area contributed by atoms with Gasteiger partial charge in [0.1, 0.15) is 0 Å². The predicted octanol–water partition coefficient (Wildman–Crippen LogP) is 2.85. The maximum Gasteiger partial charge on any atom is 0.274 e. The Labute approximate surface area is 161 Å². The molecule has 0 spiro atoms. The van der Waals surface area contributed by atoms with Gasteiger partial charge >= 0.3 is 0 Å². The number of carbonyl (C=O) groups excluding carboxylic acids is 1. The summed E-state index contributed by atoms with van der Waals surface area (Å²) in [4.78, 5) is 15.2. The van der Waals surface area contributed by atoms with E-state index in [9.17, 15) is 4.79 Å². The van der Waals surface area contributed by atoms with Gasteiger partial charge in [0.25, 0.3) is 5.91 Å². The topological polar surface area (TPSA) is 50.2 Å². The van der Waals surface area contributed by atoms with E-state index in [0.29, 0.717) is 11.6 Å². The molecule has 2 aliphatic rings. The molecule has 1 atom stereocenters. The molecule has 1 aliphatic carbocycles. The highest BCUT2D eigenvalue weighted by Crippen LogP contribution is 2.29. The molecule has 1 aromatic heterocycles. The van der Waals surface area contributed by atoms with Gasteiger partial charge < -0.3 is 10.2 Å². The molecule has 4 rings (SSSR count). The summed E-state index contributed by atoms with van der Waals surface area (Å²) < 4.78 is 1.99. The number of benzene rings is 1. The highest BCUT2D eigenvalue weighted by atomic mass is 35.5. The van der Waals surface area contributed by atoms with Crippen LogP contribution in [0.5, 0.6) is 0 Å². The highest BCUT2D eigenvalue weighted by molar-refractivity contribution is 5.94. The van der Waals surface area contributed by atoms with E-state index in [1.165, 1.54) is 17.7 Å². The Morgan fingerprint density at radius 3 is 2.81 bits per heavy atom. The van der Waals surface area contributed by atoms with Crippen molar-refractivity contribution < 1.29 is 4.79 Å². The molecule has 1 saturated heterocycles. The van der Waals surface area contributed by atoms with Crippen molar-refractivity contribution in [3.63, 3.8) is 0 Å². The number of aromatic nitrogens is 2. The van der Waals surface area contributed by atoms with Crippen LogP contribution in [0.15, 0.2) is 30.3 Å². The lowest BCUT2D eigenvalue weighted by Gasteiger charge is -2.32. The Morgan fingerprint density at radius 1 is 1.23 bits per heavy atom. The molecule has 1 amide bonds. The number of halogens is 1. The molecule has 2 heterocycles. The van der Waals surface area contributed by atoms with E-state index < -0.39 is 0 Å². The van der Waals surface area contributed by atoms with Gasteiger partial charge in [0, 0.05) is 24.3 Å². The lowest BCUT2D eigenvalue weighted by Crippen LogP contribution is -2.42. The zero-order valence-corrected chi connectivity index (χ0v) is 16.1. The molecule has 140 valence electrons. The van der Waals surface area contributed by atoms with Crippen LogP contribution in [0.25, 0.3) is 5.69 Å². The first-order valence-electron chi connectivity index (χ1n) is 9.38. The third kappa shape index (κ3) is 3.51. The molecule has 1 unspecified atom stereocenters. The Bertz CT molecular complexity index is 757. The van der Waals surface area contributed by atoms with Crippen molar-refractivity contribution in [2.75, 3.05) is 26.7 Å². The van der Waals surface area contributed by atoms with Crippen molar-refractivity contribution in [1.29, 1.82) is 0 Å². The van der Waals surface area contributed by atoms with Crippen molar-refractivity contribution >= 4 is 18.3 Å². The van der Waals surface area contributed by atoms with E-state index >= 15 is 0 Å². The summed E-state index contributed by atoms with van der Waals surface area (Å²) in [5.41, 5.74) is 4.12. The molecular weight excluding hydrogens is 348 g/mol. The van der Waals surface area contributed by atoms with Gasteiger partial charge in [-0.3, -0.25) is 4.79 Å². The maximum absolute atomic E-state index is 13.2. The molecule has 6 heteroatoms. The number of hydrogen-bond acceptors (Lipinski definition) is 3. The fourth-order valence-electron chi connectivity index (χ4n) is 4.25. The van der Waals surface area contributed by atoms with Crippen LogP contribution in [0.1, 0.15) is 41.0 Å². The highest BCUT2D eigenvalue weighted by Gasteiger charge is 2.31. The van der Waals surface area contributed by atoms with Crippen molar-refractivity contribution in [2.45, 2.75) is 32.1 Å². The van der Waals surface area contributed by atoms with Crippen molar-refractivity contribution in [3.8, 4) is 5.69 Å². The fraction of sp³-hybridized carbons (Fsp3) is 0.500. The fourth-order valence-corrected chi connectivity index (χ4v) is 4.25. The summed E-state index contributed by atoms with van der Waals surface area (Å²) in [6.07, 6.45) is 5.37. The van der Waals surface area contributed by atoms with Crippen molar-refractivity contribution in [3.05, 3.63) is 47.3 Å². The second-order valence-electron chi connectivity index (χ2n) is 7.19. The largest absolute Gasteiger partial charge is 0.337 e. The molecule has 0 saturated carbocycles. The summed E-state index contributed by atoms with van der Waals surface area (Å²) in [5, 5.41) is 8.00. The quantitative estimate of drug-likeness (QED) is 0.895. The van der Waals surface area contributed by atoms with Gasteiger partial charge in [-0.15, -0.1) is 12.4 Å². The third-order valence-corrected chi connectivity index (χ3v) is 5.43. The van der Waals surface area contributed by atoms with Crippen LogP contribution in [0.2, 0.25) is 0 Å². The van der Waals surface area contributed by atoms with E-state index in [2.05, 4.69) is 17.4 Å². The van der Waals surface area contributed by atoms with Gasteiger partial charge in [-0.05, 0) is 63.7 Å². The number of para-hydroxylation sites is 1. The van der Waals surface area contributed by atoms with Crippen LogP contribution in [-0.4, -0.2) is 47.3 Å². The second-order valence-corrected chi connectivity index (χ2v) is 7.19. The molecule has 5 nitrogen and oxygen atoms in total. The first kappa shape index (κ1) is 18.9. The van der Waals surface area contributed by atoms with E-state index in [1.54, 1.807) is 0 Å². The minimum atomic E-state index is 0. The molecule has 0 bridgehead atoms. The number of amides is 1. The average Bonchev–Trinajstić information content (AvgIpc) is 3.25. The number of carbonyl (C=O) groups is 1. The number of piperidine rings is 1. The Hall–Kier alpha value is -1.85. The van der Waals surface area contributed by atoms with E-state index in [-0.39, 0.29) is 18.3 Å². The minimum Gasteiger partial charge on any atom is -0.337 e. The Morgan fingerprint density at radius 2 is 2.04 bits per heavy atom. The Kier molecular flexibility index (Phi) is 5.99. The molecule has 0 radical (unpaired) electrons. The number of rotatable bonds is 4. The molecule has 1 aromatic carbocycles. The number of likely N-dealkylation sites (tertiary alicyclic amines) is 1. The normalized spacial score (nSPS) is 19.1. The molecule has 1 N–H and O–H groups in total. The maximum atomic E-state index is 13.2. The monoisotopic (exact) mass is 374 g/mol. The lowest BCUT2D eigenvalue weighted by molar-refractivity contribution is 0.0666. The third-order valence-electron chi connectivity index (χ3n) is 5.43. The molecule has 1 aliphatic heterocycles. The van der Waals surface area contributed by atoms with Crippen LogP contribution in [-0.2, 0) is 12.8 Å². The zero-order chi connectivity index (χ0) is 17.2. The van der Waals surface area contributed by atoms with Crippen LogP contribution >= 0.6 is 12.4 Å². The zero-order valence-electron chi connectivity index (χ0n) is 15.3. The minimum absolute atomic E-state index is 0. The summed E-state index contributed by atoms with van der Waals surface area (Å²) in [6, 6.07) is 10.2. The van der Waals surface area contributed by atoms with Crippen LogP contribution < -0.4 is 5.32 Å². The van der Waals surface area contributed by atoms with E-state index in [0.717, 1.165) is 51.0 Å². The number of nitrogens with zero attached hydrogens (tertiary/aromatic N) is 3. The average molecular weight is 375 g/mol. The standard InChI is InChI=1S/C20H26N4O.ClH/c1-21-13-15-7-6-12-23(14-15)20(25)19-17-10-5-11-18(17)24(22-19)16-8-3-2-4-9-16;/h2-4,8-9,15,21H,5-7,10-14H2,1H3;1H. The summed E-state index contributed by atoms with van der Waals surface area (Å²) in [7, 11) is 1.98. The van der Waals surface area contributed by atoms with Gasteiger partial charge in [-0.1, -0.05) is 18.2 Å². The van der Waals surface area contributed by atoms with Gasteiger partial charge in [-0.2, -0.15) is 5.10 Å². The number of hydrogen-bond donors (Lipinski definition) is 1. The summed E-state index contributed by atoms with van der Waals surface area (Å²) >= 11 is 0. The van der Waals surface area contributed by atoms with Gasteiger partial charge in [0.15, 0.2) is 5.69 Å². The SMILES string of the molecule is CNCC1CCCN(C(=O)c2nn(-c3ccccc3)c3c2CCC3)C1.Cl. The smallest absolute Gasteiger partial charge is 0.274 e. The summed E-state index contributed by atoms with van der Waals surface area (Å²) in [5.74, 6) is 0.667. The number of nitrogens with one attached hydrogen (secondary N) is 1. The number of fused-ring (bicyclic) bond motifs is 1. The van der Waals surface area contributed by atoms with Crippen LogP contribution in [0, 0.1) is 5.92 Å². The molecule has 26 heavy (non-hydrogen) atoms. The van der Waals surface area contributed by atoms with Crippen LogP contribution in [0.3, 0.4) is 0 Å². The van der Waals surface area contributed by atoms with Gasteiger partial charge in [0.2, 0.25) is 0 Å². The second kappa shape index (κ2) is 8.23. The lowest BCUT2D eigenvalue weighted by atomic mass is 9.97. The Balaban J connectivity index is 0.00000196. The first-order chi connectivity index (χ1) is 12.3. The van der Waals surface area contributed by atoms with Crippen molar-refractivity contribution in [2.24, 2.45) is 5.92 Å². The molecular formula is C20H27ClN4O. The predicted molar refractivity (Wildman–Crippen MR) is 105 cm³/mol. The van der Waals surface area contributed by atoms with E-state index in [4.69, 9.17) is 5.10 Å².